The molecule has 0 bridgehead atoms. The second kappa shape index (κ2) is 18.8. The molecule has 0 saturated carbocycles. The lowest BCUT2D eigenvalue weighted by molar-refractivity contribution is -0.342. The monoisotopic (exact) mass is 861 g/mol. The fraction of sp³-hybridized carbons (Fsp3) is 0.372. The summed E-state index contributed by atoms with van der Waals surface area (Å²) in [6, 6.07) is 19.7. The number of ether oxygens (including phenoxy) is 4. The number of amides is 1. The van der Waals surface area contributed by atoms with E-state index >= 15 is 0 Å². The van der Waals surface area contributed by atoms with Gasteiger partial charge in [-0.3, -0.25) is 15.1 Å². The van der Waals surface area contributed by atoms with Crippen molar-refractivity contribution in [3.63, 3.8) is 0 Å². The Bertz CT molecular complexity index is 2150. The standard InChI is InChI=1S/C43H47N3O12S2/c1-23(6-5-9-24-7-3-2-4-8-24)30-20-46-41(53)43(54)38(55-22-60-59-21-31(30)26-16-17-45-19-26)35(49)37(40(51)52)58-42(43)56-28-14-15-29-32(18-28)57-36(39(44)50)33(34(29)48)25-10-12-27(47)13-11-25/h2-5,7-16,18-19,23,30-31,35-38,41-42,46-49,53-54H,6,17,20-22H2,1H3,(H2,44,50)(H,51,52)/b9-5+/t23-,30-,31+,35-,36?,37+,38+,41+,42-,43+/m1/s1. The number of carbonyl (C=O) groups is 2. The maximum Gasteiger partial charge on any atom is 0.335 e. The molecule has 318 valence electrons. The van der Waals surface area contributed by atoms with Gasteiger partial charge >= 0.3 is 5.97 Å². The number of nitrogens with one attached hydrogen (secondary N) is 1. The first-order valence-corrected chi connectivity index (χ1v) is 21.8. The van der Waals surface area contributed by atoms with Gasteiger partial charge in [0.2, 0.25) is 12.4 Å². The second-order valence-electron chi connectivity index (χ2n) is 15.0. The number of carboxylic acids is 1. The summed E-state index contributed by atoms with van der Waals surface area (Å²) in [5, 5.41) is 70.4. The van der Waals surface area contributed by atoms with Crippen LogP contribution in [0.2, 0.25) is 0 Å². The molecule has 9 N–H and O–H groups in total. The molecule has 10 atom stereocenters. The third-order valence-electron chi connectivity index (χ3n) is 11.2. The minimum Gasteiger partial charge on any atom is -0.508 e. The summed E-state index contributed by atoms with van der Waals surface area (Å²) in [5.74, 6) is -2.56. The Morgan fingerprint density at radius 3 is 2.55 bits per heavy atom. The zero-order valence-electron chi connectivity index (χ0n) is 32.4. The molecule has 2 saturated heterocycles. The van der Waals surface area contributed by atoms with Crippen molar-refractivity contribution in [2.75, 3.05) is 24.8 Å². The molecule has 3 aromatic carbocycles. The van der Waals surface area contributed by atoms with Gasteiger partial charge in [-0.1, -0.05) is 89.2 Å². The van der Waals surface area contributed by atoms with E-state index in [9.17, 15) is 40.2 Å². The molecule has 3 aromatic rings. The highest BCUT2D eigenvalue weighted by molar-refractivity contribution is 8.76. The minimum absolute atomic E-state index is 0.0187. The average Bonchev–Trinajstić information content (AvgIpc) is 3.77. The first kappa shape index (κ1) is 43.2. The van der Waals surface area contributed by atoms with Gasteiger partial charge in [0.1, 0.15) is 47.4 Å². The van der Waals surface area contributed by atoms with Crippen molar-refractivity contribution in [1.29, 1.82) is 0 Å². The van der Waals surface area contributed by atoms with Crippen molar-refractivity contribution in [2.45, 2.75) is 55.9 Å². The van der Waals surface area contributed by atoms with Crippen molar-refractivity contribution in [3.05, 3.63) is 107 Å². The van der Waals surface area contributed by atoms with Crippen molar-refractivity contribution >= 4 is 57.1 Å². The number of hydrogen-bond acceptors (Lipinski definition) is 15. The Kier molecular flexibility index (Phi) is 13.6. The normalized spacial score (nSPS) is 30.2. The lowest BCUT2D eigenvalue weighted by atomic mass is 9.77. The first-order valence-electron chi connectivity index (χ1n) is 19.3. The summed E-state index contributed by atoms with van der Waals surface area (Å²) in [5.41, 5.74) is 5.75. The van der Waals surface area contributed by atoms with Crippen LogP contribution < -0.4 is 20.5 Å². The van der Waals surface area contributed by atoms with Gasteiger partial charge in [0.15, 0.2) is 11.7 Å². The van der Waals surface area contributed by atoms with Gasteiger partial charge in [0.25, 0.3) is 5.91 Å². The molecule has 7 rings (SSSR count). The van der Waals surface area contributed by atoms with Crippen LogP contribution in [0.25, 0.3) is 17.4 Å². The van der Waals surface area contributed by atoms with Crippen molar-refractivity contribution in [2.24, 2.45) is 28.5 Å². The summed E-state index contributed by atoms with van der Waals surface area (Å²) in [4.78, 5) is 29.5. The summed E-state index contributed by atoms with van der Waals surface area (Å²) in [7, 11) is 2.84. The molecular formula is C43H47N3O12S2. The number of phenolic OH excluding ortho intramolecular Hbond substituents is 1. The summed E-state index contributed by atoms with van der Waals surface area (Å²) < 4.78 is 23.9. The molecule has 4 heterocycles. The Hall–Kier alpha value is -4.85. The fourth-order valence-corrected chi connectivity index (χ4v) is 10.0. The maximum atomic E-state index is 12.6. The number of benzene rings is 3. The Morgan fingerprint density at radius 1 is 1.08 bits per heavy atom. The molecule has 2 fully saturated rings. The number of nitrogens with two attached hydrogens (primary N) is 1. The van der Waals surface area contributed by atoms with E-state index in [0.717, 1.165) is 11.1 Å². The second-order valence-corrected chi connectivity index (χ2v) is 17.5. The van der Waals surface area contributed by atoms with E-state index in [1.165, 1.54) is 64.1 Å². The van der Waals surface area contributed by atoms with Crippen LogP contribution in [0.3, 0.4) is 0 Å². The largest absolute Gasteiger partial charge is 0.508 e. The molecule has 0 aromatic heterocycles. The molecule has 0 aliphatic carbocycles. The molecule has 4 aliphatic heterocycles. The number of aliphatic hydroxyl groups is 4. The quantitative estimate of drug-likeness (QED) is 0.135. The third-order valence-corrected chi connectivity index (χ3v) is 13.3. The number of allylic oxidation sites excluding steroid dienone is 2. The van der Waals surface area contributed by atoms with Crippen molar-refractivity contribution in [1.82, 2.24) is 5.32 Å². The number of aliphatic carboxylic acids is 1. The Balaban J connectivity index is 1.20. The third kappa shape index (κ3) is 9.08. The van der Waals surface area contributed by atoms with Crippen LogP contribution in [0.1, 0.15) is 30.0 Å². The smallest absolute Gasteiger partial charge is 0.335 e. The fourth-order valence-electron chi connectivity index (χ4n) is 7.96. The van der Waals surface area contributed by atoms with Crippen LogP contribution in [0.5, 0.6) is 17.2 Å². The van der Waals surface area contributed by atoms with Crippen LogP contribution in [-0.2, 0) is 19.1 Å². The van der Waals surface area contributed by atoms with E-state index in [2.05, 4.69) is 35.5 Å². The first-order chi connectivity index (χ1) is 28.9. The lowest BCUT2D eigenvalue weighted by Crippen LogP contribution is -2.75. The predicted octanol–water partition coefficient (Wildman–Crippen LogP) is 3.97. The number of nitrogens with zero attached hydrogens (tertiary/aromatic N) is 1. The number of primary amides is 1. The van der Waals surface area contributed by atoms with Crippen LogP contribution >= 0.6 is 21.6 Å². The van der Waals surface area contributed by atoms with Crippen molar-refractivity contribution in [3.8, 4) is 17.2 Å². The van der Waals surface area contributed by atoms with Crippen molar-refractivity contribution < 1.29 is 59.2 Å². The van der Waals surface area contributed by atoms with Crippen LogP contribution in [0.15, 0.2) is 95.5 Å². The topological polar surface area (TPSA) is 243 Å². The maximum absolute atomic E-state index is 12.6. The molecule has 0 radical (unpaired) electrons. The summed E-state index contributed by atoms with van der Waals surface area (Å²) in [6.45, 7) is 2.85. The average molecular weight is 862 g/mol. The highest BCUT2D eigenvalue weighted by Crippen LogP contribution is 2.44. The molecule has 15 nitrogen and oxygen atoms in total. The number of fused-ring (bicyclic) bond motifs is 2. The highest BCUT2D eigenvalue weighted by Gasteiger charge is 2.63. The van der Waals surface area contributed by atoms with E-state index in [4.69, 9.17) is 24.7 Å². The van der Waals surface area contributed by atoms with Crippen LogP contribution in [0, 0.1) is 17.8 Å². The number of phenols is 1. The van der Waals surface area contributed by atoms with Gasteiger partial charge in [-0.05, 0) is 65.1 Å². The van der Waals surface area contributed by atoms with Gasteiger partial charge in [0, 0.05) is 24.6 Å². The molecule has 1 unspecified atom stereocenters. The summed E-state index contributed by atoms with van der Waals surface area (Å²) in [6.07, 6.45) is -2.20. The number of rotatable bonds is 10. The minimum atomic E-state index is -2.64. The molecule has 17 heteroatoms. The molecule has 60 heavy (non-hydrogen) atoms. The number of carbonyl (C=O) groups excluding carboxylic acids is 1. The molecule has 1 amide bonds. The van der Waals surface area contributed by atoms with E-state index in [-0.39, 0.29) is 64.4 Å². The highest BCUT2D eigenvalue weighted by atomic mass is 33.1. The van der Waals surface area contributed by atoms with Gasteiger partial charge < -0.3 is 55.3 Å². The number of aliphatic hydroxyl groups excluding tert-OH is 3. The van der Waals surface area contributed by atoms with E-state index in [1.54, 1.807) is 0 Å². The van der Waals surface area contributed by atoms with Gasteiger partial charge in [-0.25, -0.2) is 4.79 Å². The zero-order chi connectivity index (χ0) is 42.6. The van der Waals surface area contributed by atoms with Crippen LogP contribution in [-0.4, -0.2) is 116 Å². The van der Waals surface area contributed by atoms with Crippen LogP contribution in [0.4, 0.5) is 0 Å². The SMILES string of the molecule is C[C@H](C/C=C/c1ccccc1)[C@H]1CN[C@@H](O)[C@]2(O)[C@H](Oc3ccc4c(c3)OC(C(N)=O)C(c3ccc(O)cc3)=C4O)O[C@H](C(=O)O)[C@@H](O)[C@@H]2OCSSC[C@H]1C1=CCN=C1. The molecule has 4 aliphatic rings. The van der Waals surface area contributed by atoms with Gasteiger partial charge in [-0.2, -0.15) is 0 Å². The molecule has 0 spiro atoms. The predicted molar refractivity (Wildman–Crippen MR) is 227 cm³/mol. The molecular weight excluding hydrogens is 815 g/mol. The Labute approximate surface area is 354 Å². The van der Waals surface area contributed by atoms with E-state index in [1.807, 2.05) is 36.5 Å². The number of carboxylic acid groups (broad SMARTS) is 1. The van der Waals surface area contributed by atoms with E-state index in [0.29, 0.717) is 24.3 Å². The Morgan fingerprint density at radius 2 is 1.85 bits per heavy atom. The lowest BCUT2D eigenvalue weighted by Gasteiger charge is -2.50. The number of aliphatic imine (C=N–C) groups is 1. The van der Waals surface area contributed by atoms with Gasteiger partial charge in [0.05, 0.1) is 17.7 Å². The van der Waals surface area contributed by atoms with Gasteiger partial charge in [-0.15, -0.1) is 0 Å². The summed E-state index contributed by atoms with van der Waals surface area (Å²) >= 11 is 0. The number of hydrogen-bond donors (Lipinski definition) is 8. The zero-order valence-corrected chi connectivity index (χ0v) is 34.1. The van der Waals surface area contributed by atoms with E-state index < -0.39 is 54.4 Å². The number of aromatic hydroxyl groups is 1.